The van der Waals surface area contributed by atoms with Crippen LogP contribution >= 0.6 is 0 Å². The van der Waals surface area contributed by atoms with Crippen LogP contribution in [0.3, 0.4) is 0 Å². The molecule has 0 saturated carbocycles. The zero-order chi connectivity index (χ0) is 20.8. The molecule has 0 aliphatic rings. The van der Waals surface area contributed by atoms with Gasteiger partial charge in [-0.25, -0.2) is 4.98 Å². The number of methoxy groups -OCH3 is 2. The average molecular weight is 393 g/mol. The highest BCUT2D eigenvalue weighted by Crippen LogP contribution is 2.29. The highest BCUT2D eigenvalue weighted by atomic mass is 16.6. The van der Waals surface area contributed by atoms with E-state index < -0.39 is 10.8 Å². The number of nitro groups is 1. The maximum atomic E-state index is 13.3. The summed E-state index contributed by atoms with van der Waals surface area (Å²) in [6, 6.07) is 16.3. The van der Waals surface area contributed by atoms with Gasteiger partial charge in [0.05, 0.1) is 25.7 Å². The van der Waals surface area contributed by atoms with Gasteiger partial charge in [0.1, 0.15) is 11.4 Å². The van der Waals surface area contributed by atoms with Crippen LogP contribution in [-0.2, 0) is 6.54 Å². The number of carbonyl (C=O) groups excluding carboxylic acids is 1. The number of nitro benzene ring substituents is 1. The van der Waals surface area contributed by atoms with Crippen LogP contribution in [0.5, 0.6) is 11.5 Å². The van der Waals surface area contributed by atoms with Gasteiger partial charge in [0.2, 0.25) is 0 Å². The molecular formula is C21H19N3O5. The van der Waals surface area contributed by atoms with E-state index >= 15 is 0 Å². The fourth-order valence-electron chi connectivity index (χ4n) is 2.89. The van der Waals surface area contributed by atoms with Crippen LogP contribution in [0.1, 0.15) is 15.9 Å². The molecule has 0 N–H and O–H groups in total. The first-order valence-corrected chi connectivity index (χ1v) is 8.72. The van der Waals surface area contributed by atoms with Crippen molar-refractivity contribution in [1.29, 1.82) is 0 Å². The predicted octanol–water partition coefficient (Wildman–Crippen LogP) is 3.85. The van der Waals surface area contributed by atoms with Gasteiger partial charge >= 0.3 is 0 Å². The first-order chi connectivity index (χ1) is 14.0. The van der Waals surface area contributed by atoms with Gasteiger partial charge in [-0.05, 0) is 35.9 Å². The van der Waals surface area contributed by atoms with Crippen LogP contribution in [0.25, 0.3) is 0 Å². The minimum atomic E-state index is -0.569. The maximum absolute atomic E-state index is 13.3. The molecule has 148 valence electrons. The molecule has 0 spiro atoms. The van der Waals surface area contributed by atoms with E-state index in [1.54, 1.807) is 48.7 Å². The highest BCUT2D eigenvalue weighted by molar-refractivity contribution is 6.08. The maximum Gasteiger partial charge on any atom is 0.282 e. The Balaban J connectivity index is 2.03. The number of pyridine rings is 1. The van der Waals surface area contributed by atoms with Crippen molar-refractivity contribution >= 4 is 17.4 Å². The molecule has 8 nitrogen and oxygen atoms in total. The Morgan fingerprint density at radius 2 is 1.76 bits per heavy atom. The molecule has 0 saturated heterocycles. The number of aromatic nitrogens is 1. The number of hydrogen-bond donors (Lipinski definition) is 0. The minimum Gasteiger partial charge on any atom is -0.493 e. The normalized spacial score (nSPS) is 10.3. The Morgan fingerprint density at radius 1 is 1.03 bits per heavy atom. The number of benzene rings is 2. The molecule has 0 radical (unpaired) electrons. The molecule has 3 aromatic rings. The van der Waals surface area contributed by atoms with Gasteiger partial charge in [-0.2, -0.15) is 0 Å². The topological polar surface area (TPSA) is 94.8 Å². The fourth-order valence-corrected chi connectivity index (χ4v) is 2.89. The summed E-state index contributed by atoms with van der Waals surface area (Å²) in [4.78, 5) is 29.7. The van der Waals surface area contributed by atoms with Crippen molar-refractivity contribution < 1.29 is 19.2 Å². The van der Waals surface area contributed by atoms with E-state index in [9.17, 15) is 14.9 Å². The highest BCUT2D eigenvalue weighted by Gasteiger charge is 2.26. The summed E-state index contributed by atoms with van der Waals surface area (Å²) in [5.74, 6) is 0.936. The molecule has 1 aromatic heterocycles. The van der Waals surface area contributed by atoms with Crippen molar-refractivity contribution in [3.05, 3.63) is 88.1 Å². The number of rotatable bonds is 7. The van der Waals surface area contributed by atoms with E-state index in [1.807, 2.05) is 0 Å². The fraction of sp³-hybridized carbons (Fsp3) is 0.143. The van der Waals surface area contributed by atoms with Gasteiger partial charge in [-0.1, -0.05) is 24.3 Å². The molecule has 0 aliphatic carbocycles. The second-order valence-electron chi connectivity index (χ2n) is 6.04. The third-order valence-electron chi connectivity index (χ3n) is 4.29. The van der Waals surface area contributed by atoms with Crippen LogP contribution in [-0.4, -0.2) is 30.0 Å². The summed E-state index contributed by atoms with van der Waals surface area (Å²) in [6.45, 7) is 0.141. The largest absolute Gasteiger partial charge is 0.493 e. The molecule has 0 fully saturated rings. The predicted molar refractivity (Wildman–Crippen MR) is 107 cm³/mol. The quantitative estimate of drug-likeness (QED) is 0.447. The summed E-state index contributed by atoms with van der Waals surface area (Å²) < 4.78 is 10.6. The monoisotopic (exact) mass is 393 g/mol. The number of nitrogens with zero attached hydrogens (tertiary/aromatic N) is 3. The van der Waals surface area contributed by atoms with Crippen LogP contribution in [0.4, 0.5) is 11.5 Å². The van der Waals surface area contributed by atoms with Crippen LogP contribution in [0, 0.1) is 10.1 Å². The molecule has 2 aromatic carbocycles. The molecule has 0 aliphatic heterocycles. The Kier molecular flexibility index (Phi) is 6.03. The molecular weight excluding hydrogens is 374 g/mol. The van der Waals surface area contributed by atoms with Crippen molar-refractivity contribution in [3.8, 4) is 11.5 Å². The van der Waals surface area contributed by atoms with E-state index in [0.717, 1.165) is 5.56 Å². The zero-order valence-corrected chi connectivity index (χ0v) is 15.9. The first-order valence-electron chi connectivity index (χ1n) is 8.72. The average Bonchev–Trinajstić information content (AvgIpc) is 2.77. The van der Waals surface area contributed by atoms with Crippen molar-refractivity contribution in [2.75, 3.05) is 19.1 Å². The van der Waals surface area contributed by atoms with Crippen molar-refractivity contribution in [3.63, 3.8) is 0 Å². The van der Waals surface area contributed by atoms with E-state index in [0.29, 0.717) is 17.3 Å². The van der Waals surface area contributed by atoms with E-state index in [4.69, 9.17) is 9.47 Å². The Labute approximate surface area is 167 Å². The summed E-state index contributed by atoms with van der Waals surface area (Å²) in [5, 5.41) is 11.4. The van der Waals surface area contributed by atoms with Crippen LogP contribution < -0.4 is 14.4 Å². The third-order valence-corrected chi connectivity index (χ3v) is 4.29. The molecule has 1 heterocycles. The lowest BCUT2D eigenvalue weighted by molar-refractivity contribution is -0.385. The molecule has 29 heavy (non-hydrogen) atoms. The van der Waals surface area contributed by atoms with Gasteiger partial charge in [0.25, 0.3) is 11.6 Å². The lowest BCUT2D eigenvalue weighted by atomic mass is 10.1. The summed E-state index contributed by atoms with van der Waals surface area (Å²) in [6.07, 6.45) is 1.56. The molecule has 0 unspecified atom stereocenters. The number of para-hydroxylation sites is 1. The van der Waals surface area contributed by atoms with Gasteiger partial charge in [-0.15, -0.1) is 0 Å². The van der Waals surface area contributed by atoms with Crippen molar-refractivity contribution in [2.24, 2.45) is 0 Å². The smallest absolute Gasteiger partial charge is 0.282 e. The van der Waals surface area contributed by atoms with Gasteiger partial charge in [0.15, 0.2) is 11.5 Å². The lowest BCUT2D eigenvalue weighted by Gasteiger charge is -2.22. The lowest BCUT2D eigenvalue weighted by Crippen LogP contribution is -2.31. The summed E-state index contributed by atoms with van der Waals surface area (Å²) in [7, 11) is 3.06. The van der Waals surface area contributed by atoms with Crippen LogP contribution in [0.2, 0.25) is 0 Å². The molecule has 3 rings (SSSR count). The number of anilines is 1. The van der Waals surface area contributed by atoms with E-state index in [-0.39, 0.29) is 17.8 Å². The number of amides is 1. The third kappa shape index (κ3) is 4.32. The van der Waals surface area contributed by atoms with E-state index in [1.165, 1.54) is 37.3 Å². The number of ether oxygens (including phenoxy) is 2. The Hall–Kier alpha value is -3.94. The molecule has 0 bridgehead atoms. The minimum absolute atomic E-state index is 0.0105. The van der Waals surface area contributed by atoms with Gasteiger partial charge in [-0.3, -0.25) is 19.8 Å². The number of hydrogen-bond acceptors (Lipinski definition) is 6. The molecule has 0 atom stereocenters. The second-order valence-corrected chi connectivity index (χ2v) is 6.04. The number of carbonyl (C=O) groups is 1. The summed E-state index contributed by atoms with van der Waals surface area (Å²) in [5.41, 5.74) is 0.481. The van der Waals surface area contributed by atoms with E-state index in [2.05, 4.69) is 4.98 Å². The van der Waals surface area contributed by atoms with Crippen molar-refractivity contribution in [1.82, 2.24) is 4.98 Å². The molecule has 1 amide bonds. The van der Waals surface area contributed by atoms with Gasteiger partial charge < -0.3 is 9.47 Å². The molecule has 8 heteroatoms. The Bertz CT molecular complexity index is 1020. The second kappa shape index (κ2) is 8.83. The standard InChI is InChI=1S/C21H19N3O5/c1-28-18-11-10-15(13-19(18)29-2)14-23(20-9-5-6-12-22-20)21(25)16-7-3-4-8-17(16)24(26)27/h3-13H,14H2,1-2H3. The SMILES string of the molecule is COc1ccc(CN(C(=O)c2ccccc2[N+](=O)[O-])c2ccccn2)cc1OC. The van der Waals surface area contributed by atoms with Gasteiger partial charge in [0, 0.05) is 12.3 Å². The first kappa shape index (κ1) is 19.8. The van der Waals surface area contributed by atoms with Crippen molar-refractivity contribution in [2.45, 2.75) is 6.54 Å². The Morgan fingerprint density at radius 3 is 2.41 bits per heavy atom. The summed E-state index contributed by atoms with van der Waals surface area (Å²) >= 11 is 0. The van der Waals surface area contributed by atoms with Crippen LogP contribution in [0.15, 0.2) is 66.9 Å². The zero-order valence-electron chi connectivity index (χ0n) is 15.9.